The van der Waals surface area contributed by atoms with E-state index in [9.17, 15) is 9.59 Å². The van der Waals surface area contributed by atoms with E-state index in [2.05, 4.69) is 10.3 Å². The predicted octanol–water partition coefficient (Wildman–Crippen LogP) is 3.01. The molecule has 1 aromatic heterocycles. The van der Waals surface area contributed by atoms with Crippen molar-refractivity contribution >= 4 is 22.8 Å². The SMILES string of the molecule is CCN1CCn2c(nc3cc(C(=O)N[C@H](C)c4ccc(OC)cc4)ccc32)C1=O. The normalized spacial score (nSPS) is 14.6. The molecule has 1 aliphatic heterocycles. The number of carbonyl (C=O) groups excluding carboxylic acids is 2. The minimum absolute atomic E-state index is 0.0610. The fourth-order valence-electron chi connectivity index (χ4n) is 3.68. The Labute approximate surface area is 169 Å². The summed E-state index contributed by atoms with van der Waals surface area (Å²) < 4.78 is 7.11. The third-order valence-electron chi connectivity index (χ3n) is 5.43. The molecule has 0 spiro atoms. The molecule has 150 valence electrons. The molecule has 0 radical (unpaired) electrons. The monoisotopic (exact) mass is 392 g/mol. The quantitative estimate of drug-likeness (QED) is 0.724. The summed E-state index contributed by atoms with van der Waals surface area (Å²) in [5.74, 6) is 0.978. The molecule has 7 heteroatoms. The first kappa shape index (κ1) is 19.0. The molecular weight excluding hydrogens is 368 g/mol. The number of imidazole rings is 1. The summed E-state index contributed by atoms with van der Waals surface area (Å²) in [5, 5.41) is 3.01. The molecule has 29 heavy (non-hydrogen) atoms. The van der Waals surface area contributed by atoms with Crippen LogP contribution < -0.4 is 10.1 Å². The third-order valence-corrected chi connectivity index (χ3v) is 5.43. The second kappa shape index (κ2) is 7.58. The fraction of sp³-hybridized carbons (Fsp3) is 0.318. The molecule has 0 aliphatic carbocycles. The molecule has 0 unspecified atom stereocenters. The van der Waals surface area contributed by atoms with E-state index in [0.29, 0.717) is 36.5 Å². The topological polar surface area (TPSA) is 76.5 Å². The summed E-state index contributed by atoms with van der Waals surface area (Å²) in [6.07, 6.45) is 0. The molecule has 2 amide bonds. The van der Waals surface area contributed by atoms with Gasteiger partial charge in [0.15, 0.2) is 5.82 Å². The zero-order chi connectivity index (χ0) is 20.5. The lowest BCUT2D eigenvalue weighted by atomic mass is 10.1. The number of carbonyl (C=O) groups is 2. The minimum Gasteiger partial charge on any atom is -0.497 e. The number of hydrogen-bond donors (Lipinski definition) is 1. The minimum atomic E-state index is -0.178. The Morgan fingerprint density at radius 1 is 1.21 bits per heavy atom. The van der Waals surface area contributed by atoms with Crippen LogP contribution in [-0.2, 0) is 6.54 Å². The Hall–Kier alpha value is -3.35. The highest BCUT2D eigenvalue weighted by atomic mass is 16.5. The molecule has 7 nitrogen and oxygen atoms in total. The van der Waals surface area contributed by atoms with Crippen LogP contribution in [0.5, 0.6) is 5.75 Å². The lowest BCUT2D eigenvalue weighted by Gasteiger charge is -2.26. The van der Waals surface area contributed by atoms with Crippen LogP contribution in [0.1, 0.15) is 46.4 Å². The highest BCUT2D eigenvalue weighted by Crippen LogP contribution is 2.23. The van der Waals surface area contributed by atoms with Gasteiger partial charge in [0.25, 0.3) is 11.8 Å². The first-order valence-corrected chi connectivity index (χ1v) is 9.76. The number of amides is 2. The molecule has 0 fully saturated rings. The van der Waals surface area contributed by atoms with Crippen molar-refractivity contribution in [2.75, 3.05) is 20.2 Å². The summed E-state index contributed by atoms with van der Waals surface area (Å²) in [5.41, 5.74) is 3.05. The summed E-state index contributed by atoms with van der Waals surface area (Å²) in [6, 6.07) is 12.9. The van der Waals surface area contributed by atoms with Crippen LogP contribution >= 0.6 is 0 Å². The average molecular weight is 392 g/mol. The van der Waals surface area contributed by atoms with Crippen molar-refractivity contribution in [1.82, 2.24) is 19.8 Å². The summed E-state index contributed by atoms with van der Waals surface area (Å²) in [6.45, 7) is 5.95. The van der Waals surface area contributed by atoms with Crippen LogP contribution in [0.15, 0.2) is 42.5 Å². The standard InChI is InChI=1S/C22H24N4O3/c1-4-25-11-12-26-19-10-7-16(13-18(19)24-20(26)22(25)28)21(27)23-14(2)15-5-8-17(29-3)9-6-15/h5-10,13-14H,4,11-12H2,1-3H3,(H,23,27)/t14-/m1/s1. The smallest absolute Gasteiger partial charge is 0.289 e. The first-order valence-electron chi connectivity index (χ1n) is 9.76. The number of hydrogen-bond acceptors (Lipinski definition) is 4. The average Bonchev–Trinajstić information content (AvgIpc) is 3.12. The van der Waals surface area contributed by atoms with Gasteiger partial charge in [-0.1, -0.05) is 12.1 Å². The molecule has 0 bridgehead atoms. The van der Waals surface area contributed by atoms with E-state index in [1.807, 2.05) is 48.7 Å². The summed E-state index contributed by atoms with van der Waals surface area (Å²) in [4.78, 5) is 31.6. The number of benzene rings is 2. The van der Waals surface area contributed by atoms with Gasteiger partial charge in [-0.25, -0.2) is 4.98 Å². The van der Waals surface area contributed by atoms with Crippen LogP contribution in [0.25, 0.3) is 11.0 Å². The van der Waals surface area contributed by atoms with Crippen LogP contribution in [0.3, 0.4) is 0 Å². The van der Waals surface area contributed by atoms with Gasteiger partial charge < -0.3 is 19.5 Å². The molecule has 0 saturated carbocycles. The summed E-state index contributed by atoms with van der Waals surface area (Å²) >= 11 is 0. The van der Waals surface area contributed by atoms with E-state index < -0.39 is 0 Å². The van der Waals surface area contributed by atoms with Gasteiger partial charge in [-0.05, 0) is 49.7 Å². The van der Waals surface area contributed by atoms with E-state index in [4.69, 9.17) is 4.74 Å². The van der Waals surface area contributed by atoms with Gasteiger partial charge >= 0.3 is 0 Å². The Kier molecular flexibility index (Phi) is 4.96. The van der Waals surface area contributed by atoms with Crippen molar-refractivity contribution in [3.05, 3.63) is 59.4 Å². The molecule has 0 saturated heterocycles. The van der Waals surface area contributed by atoms with Gasteiger partial charge in [0.1, 0.15) is 5.75 Å². The van der Waals surface area contributed by atoms with Gasteiger partial charge in [0.05, 0.1) is 24.2 Å². The van der Waals surface area contributed by atoms with Gasteiger partial charge in [0.2, 0.25) is 0 Å². The molecule has 2 heterocycles. The maximum absolute atomic E-state index is 12.8. The van der Waals surface area contributed by atoms with Crippen molar-refractivity contribution in [2.24, 2.45) is 0 Å². The van der Waals surface area contributed by atoms with Crippen molar-refractivity contribution in [3.63, 3.8) is 0 Å². The Bertz CT molecular complexity index is 1070. The Morgan fingerprint density at radius 2 is 1.97 bits per heavy atom. The molecule has 2 aromatic carbocycles. The summed E-state index contributed by atoms with van der Waals surface area (Å²) in [7, 11) is 1.62. The first-order chi connectivity index (χ1) is 14.0. The van der Waals surface area contributed by atoms with Crippen molar-refractivity contribution in [2.45, 2.75) is 26.4 Å². The van der Waals surface area contributed by atoms with E-state index in [0.717, 1.165) is 16.8 Å². The lowest BCUT2D eigenvalue weighted by molar-refractivity contribution is 0.0709. The number of rotatable bonds is 5. The highest BCUT2D eigenvalue weighted by molar-refractivity contribution is 6.00. The number of nitrogens with zero attached hydrogens (tertiary/aromatic N) is 3. The Balaban J connectivity index is 1.56. The van der Waals surface area contributed by atoms with Crippen LogP contribution in [0.4, 0.5) is 0 Å². The molecule has 1 N–H and O–H groups in total. The van der Waals surface area contributed by atoms with Gasteiger partial charge in [-0.15, -0.1) is 0 Å². The van der Waals surface area contributed by atoms with Gasteiger partial charge in [0, 0.05) is 25.2 Å². The highest BCUT2D eigenvalue weighted by Gasteiger charge is 2.27. The largest absolute Gasteiger partial charge is 0.497 e. The molecule has 1 aliphatic rings. The number of nitrogens with one attached hydrogen (secondary N) is 1. The van der Waals surface area contributed by atoms with E-state index in [1.165, 1.54) is 0 Å². The zero-order valence-electron chi connectivity index (χ0n) is 16.8. The second-order valence-corrected chi connectivity index (χ2v) is 7.14. The maximum atomic E-state index is 12.8. The number of methoxy groups -OCH3 is 1. The second-order valence-electron chi connectivity index (χ2n) is 7.14. The number of aromatic nitrogens is 2. The van der Waals surface area contributed by atoms with Crippen LogP contribution in [-0.4, -0.2) is 46.5 Å². The molecule has 3 aromatic rings. The van der Waals surface area contributed by atoms with E-state index in [1.54, 1.807) is 24.1 Å². The zero-order valence-corrected chi connectivity index (χ0v) is 16.8. The van der Waals surface area contributed by atoms with Crippen molar-refractivity contribution in [3.8, 4) is 5.75 Å². The van der Waals surface area contributed by atoms with Crippen LogP contribution in [0, 0.1) is 0 Å². The molecule has 4 rings (SSSR count). The Morgan fingerprint density at radius 3 is 2.66 bits per heavy atom. The maximum Gasteiger partial charge on any atom is 0.289 e. The van der Waals surface area contributed by atoms with E-state index in [-0.39, 0.29) is 17.9 Å². The lowest BCUT2D eigenvalue weighted by Crippen LogP contribution is -2.40. The number of likely N-dealkylation sites (N-methyl/N-ethyl adjacent to an activating group) is 1. The fourth-order valence-corrected chi connectivity index (χ4v) is 3.68. The molecular formula is C22H24N4O3. The van der Waals surface area contributed by atoms with Crippen molar-refractivity contribution < 1.29 is 14.3 Å². The molecule has 1 atom stereocenters. The number of ether oxygens (including phenoxy) is 1. The van der Waals surface area contributed by atoms with Gasteiger partial charge in [-0.3, -0.25) is 9.59 Å². The third kappa shape index (κ3) is 3.44. The van der Waals surface area contributed by atoms with Crippen molar-refractivity contribution in [1.29, 1.82) is 0 Å². The number of fused-ring (bicyclic) bond motifs is 3. The van der Waals surface area contributed by atoms with E-state index >= 15 is 0 Å². The van der Waals surface area contributed by atoms with Crippen LogP contribution in [0.2, 0.25) is 0 Å². The predicted molar refractivity (Wildman–Crippen MR) is 110 cm³/mol. The van der Waals surface area contributed by atoms with Gasteiger partial charge in [-0.2, -0.15) is 0 Å².